The van der Waals surface area contributed by atoms with Crippen molar-refractivity contribution in [2.75, 3.05) is 39.6 Å². The number of esters is 4. The first kappa shape index (κ1) is 88.1. The second-order valence-electron chi connectivity index (χ2n) is 26.8. The number of aliphatic hydroxyl groups excluding tert-OH is 1. The van der Waals surface area contributed by atoms with Crippen molar-refractivity contribution >= 4 is 39.5 Å². The largest absolute Gasteiger partial charge is 0.472 e. The van der Waals surface area contributed by atoms with Gasteiger partial charge in [0, 0.05) is 25.7 Å². The summed E-state index contributed by atoms with van der Waals surface area (Å²) in [6, 6.07) is 0. The molecule has 0 rings (SSSR count). The van der Waals surface area contributed by atoms with E-state index in [9.17, 15) is 43.2 Å². The lowest BCUT2D eigenvalue weighted by atomic mass is 10.00. The SMILES string of the molecule is CCCCCCCCCCCCCCCCCCCCC(=O)O[C@H](COC(=O)CCCCCCCCCCC(C)C)COP(=O)(O)OC[C@@H](O)COP(=O)(O)OC[C@@H](COC(=O)CCCCCCCCC(C)CC)OC(=O)CCCCCCCCCCC(C)C. The predicted molar refractivity (Wildman–Crippen MR) is 363 cm³/mol. The maximum atomic E-state index is 13.0. The normalized spacial score (nSPS) is 14.5. The Hall–Kier alpha value is -1.94. The zero-order valence-electron chi connectivity index (χ0n) is 58.6. The summed E-state index contributed by atoms with van der Waals surface area (Å²) in [7, 11) is -9.90. The second kappa shape index (κ2) is 61.9. The molecule has 534 valence electrons. The standard InChI is InChI=1S/C71H138O17P2/c1-8-10-11-12-13-14-15-16-17-18-19-20-21-22-23-31-40-47-54-70(75)87-66(58-81-68(73)52-45-38-30-26-24-28-35-42-49-62(3)4)60-85-89(77,78)83-56-65(72)57-84-90(79,80)86-61-67(59-82-69(74)53-46-39-34-33-37-44-51-64(7)9-2)88-71(76)55-48-41-32-27-25-29-36-43-50-63(5)6/h62-67,72H,8-61H2,1-7H3,(H,77,78)(H,79,80)/t64?,65-,66-,67-/m1/s1. The molecule has 0 aromatic rings. The van der Waals surface area contributed by atoms with Crippen molar-refractivity contribution in [3.63, 3.8) is 0 Å². The van der Waals surface area contributed by atoms with Gasteiger partial charge in [0.2, 0.25) is 0 Å². The van der Waals surface area contributed by atoms with Gasteiger partial charge in [-0.05, 0) is 43.4 Å². The summed E-state index contributed by atoms with van der Waals surface area (Å²) >= 11 is 0. The fraction of sp³-hybridized carbons (Fsp3) is 0.944. The average molecular weight is 1330 g/mol. The number of carbonyl (C=O) groups excluding carboxylic acids is 4. The molecule has 3 unspecified atom stereocenters. The molecule has 0 amide bonds. The Morgan fingerprint density at radius 3 is 0.844 bits per heavy atom. The van der Waals surface area contributed by atoms with Gasteiger partial charge in [0.1, 0.15) is 19.3 Å². The minimum absolute atomic E-state index is 0.103. The van der Waals surface area contributed by atoms with E-state index in [1.54, 1.807) is 0 Å². The van der Waals surface area contributed by atoms with Crippen molar-refractivity contribution < 1.29 is 80.2 Å². The zero-order chi connectivity index (χ0) is 66.6. The maximum Gasteiger partial charge on any atom is 0.472 e. The third-order valence-electron chi connectivity index (χ3n) is 16.7. The highest BCUT2D eigenvalue weighted by Gasteiger charge is 2.30. The van der Waals surface area contributed by atoms with E-state index in [0.717, 1.165) is 114 Å². The van der Waals surface area contributed by atoms with E-state index in [-0.39, 0.29) is 25.7 Å². The van der Waals surface area contributed by atoms with Crippen LogP contribution in [0.3, 0.4) is 0 Å². The van der Waals surface area contributed by atoms with E-state index in [1.807, 2.05) is 0 Å². The lowest BCUT2D eigenvalue weighted by Gasteiger charge is -2.21. The van der Waals surface area contributed by atoms with Crippen LogP contribution in [0.4, 0.5) is 0 Å². The van der Waals surface area contributed by atoms with Crippen LogP contribution in [0.2, 0.25) is 0 Å². The molecule has 17 nitrogen and oxygen atoms in total. The zero-order valence-corrected chi connectivity index (χ0v) is 60.4. The molecule has 0 heterocycles. The molecule has 6 atom stereocenters. The van der Waals surface area contributed by atoms with Gasteiger partial charge in [-0.15, -0.1) is 0 Å². The number of carbonyl (C=O) groups is 4. The van der Waals surface area contributed by atoms with Crippen LogP contribution in [0.25, 0.3) is 0 Å². The number of phosphoric ester groups is 2. The molecular formula is C71H138O17P2. The minimum atomic E-state index is -4.95. The third-order valence-corrected chi connectivity index (χ3v) is 18.6. The number of aliphatic hydroxyl groups is 1. The van der Waals surface area contributed by atoms with Gasteiger partial charge in [0.15, 0.2) is 12.2 Å². The molecule has 0 bridgehead atoms. The maximum absolute atomic E-state index is 13.0. The Morgan fingerprint density at radius 1 is 0.322 bits per heavy atom. The van der Waals surface area contributed by atoms with Crippen LogP contribution in [0.5, 0.6) is 0 Å². The molecular weight excluding hydrogens is 1190 g/mol. The van der Waals surface area contributed by atoms with Crippen molar-refractivity contribution in [1.29, 1.82) is 0 Å². The van der Waals surface area contributed by atoms with Crippen LogP contribution in [-0.4, -0.2) is 96.7 Å². The average Bonchev–Trinajstić information content (AvgIpc) is 3.48. The fourth-order valence-electron chi connectivity index (χ4n) is 10.7. The van der Waals surface area contributed by atoms with Gasteiger partial charge >= 0.3 is 39.5 Å². The molecule has 0 fully saturated rings. The monoisotopic (exact) mass is 1320 g/mol. The van der Waals surface area contributed by atoms with Crippen molar-refractivity contribution in [3.8, 4) is 0 Å². The van der Waals surface area contributed by atoms with Crippen molar-refractivity contribution in [3.05, 3.63) is 0 Å². The molecule has 0 radical (unpaired) electrons. The minimum Gasteiger partial charge on any atom is -0.462 e. The molecule has 19 heteroatoms. The highest BCUT2D eigenvalue weighted by atomic mass is 31.2. The molecule has 90 heavy (non-hydrogen) atoms. The third kappa shape index (κ3) is 63.5. The first-order valence-corrected chi connectivity index (χ1v) is 39.9. The highest BCUT2D eigenvalue weighted by Crippen LogP contribution is 2.45. The van der Waals surface area contributed by atoms with Gasteiger partial charge in [0.25, 0.3) is 0 Å². The van der Waals surface area contributed by atoms with E-state index in [1.165, 1.54) is 161 Å². The van der Waals surface area contributed by atoms with Gasteiger partial charge in [0.05, 0.1) is 26.4 Å². The van der Waals surface area contributed by atoms with E-state index >= 15 is 0 Å². The number of hydrogen-bond donors (Lipinski definition) is 3. The summed E-state index contributed by atoms with van der Waals surface area (Å²) in [5.41, 5.74) is 0. The quantitative estimate of drug-likeness (QED) is 0.0222. The van der Waals surface area contributed by atoms with E-state index in [4.69, 9.17) is 37.0 Å². The van der Waals surface area contributed by atoms with Crippen molar-refractivity contribution in [2.24, 2.45) is 17.8 Å². The van der Waals surface area contributed by atoms with Gasteiger partial charge in [-0.1, -0.05) is 305 Å². The predicted octanol–water partition coefficient (Wildman–Crippen LogP) is 20.2. The number of ether oxygens (including phenoxy) is 4. The van der Waals surface area contributed by atoms with Crippen molar-refractivity contribution in [1.82, 2.24) is 0 Å². The lowest BCUT2D eigenvalue weighted by Crippen LogP contribution is -2.30. The smallest absolute Gasteiger partial charge is 0.462 e. The molecule has 0 aliphatic carbocycles. The Labute approximate surface area is 549 Å². The molecule has 0 aromatic carbocycles. The first-order chi connectivity index (χ1) is 43.3. The van der Waals surface area contributed by atoms with Gasteiger partial charge in [-0.2, -0.15) is 0 Å². The Balaban J connectivity index is 5.22. The molecule has 0 saturated heterocycles. The first-order valence-electron chi connectivity index (χ1n) is 36.9. The van der Waals surface area contributed by atoms with Gasteiger partial charge < -0.3 is 33.8 Å². The van der Waals surface area contributed by atoms with Crippen LogP contribution >= 0.6 is 15.6 Å². The molecule has 0 saturated carbocycles. The van der Waals surface area contributed by atoms with Crippen molar-refractivity contribution in [2.45, 2.75) is 375 Å². The van der Waals surface area contributed by atoms with E-state index < -0.39 is 97.5 Å². The summed E-state index contributed by atoms with van der Waals surface area (Å²) in [6.07, 6.45) is 46.0. The van der Waals surface area contributed by atoms with E-state index in [0.29, 0.717) is 25.7 Å². The van der Waals surface area contributed by atoms with Crippen LogP contribution in [0.1, 0.15) is 357 Å². The van der Waals surface area contributed by atoms with Crippen LogP contribution in [0, 0.1) is 17.8 Å². The number of phosphoric acid groups is 2. The topological polar surface area (TPSA) is 237 Å². The summed E-state index contributed by atoms with van der Waals surface area (Å²) in [5.74, 6) is 0.0467. The summed E-state index contributed by atoms with van der Waals surface area (Å²) in [4.78, 5) is 72.5. The number of hydrogen-bond acceptors (Lipinski definition) is 15. The Bertz CT molecular complexity index is 1770. The highest BCUT2D eigenvalue weighted by molar-refractivity contribution is 7.47. The lowest BCUT2D eigenvalue weighted by molar-refractivity contribution is -0.161. The molecule has 0 aromatic heterocycles. The molecule has 0 aliphatic rings. The molecule has 0 spiro atoms. The van der Waals surface area contributed by atoms with Gasteiger partial charge in [-0.3, -0.25) is 37.3 Å². The summed E-state index contributed by atoms with van der Waals surface area (Å²) in [5, 5.41) is 10.6. The second-order valence-corrected chi connectivity index (χ2v) is 29.7. The van der Waals surface area contributed by atoms with Crippen LogP contribution in [-0.2, 0) is 65.4 Å². The van der Waals surface area contributed by atoms with Crippen LogP contribution < -0.4 is 0 Å². The van der Waals surface area contributed by atoms with Gasteiger partial charge in [-0.25, -0.2) is 9.13 Å². The molecule has 0 aliphatic heterocycles. The van der Waals surface area contributed by atoms with E-state index in [2.05, 4.69) is 48.5 Å². The Morgan fingerprint density at radius 2 is 0.567 bits per heavy atom. The number of unbranched alkanes of at least 4 members (excludes halogenated alkanes) is 36. The summed E-state index contributed by atoms with van der Waals surface area (Å²) < 4.78 is 68.3. The van der Waals surface area contributed by atoms with Crippen LogP contribution in [0.15, 0.2) is 0 Å². The fourth-order valence-corrected chi connectivity index (χ4v) is 12.3. The molecule has 3 N–H and O–H groups in total. The Kier molecular flexibility index (Phi) is 60.6. The number of rotatable bonds is 69. The summed E-state index contributed by atoms with van der Waals surface area (Å²) in [6.45, 7) is 11.7.